The van der Waals surface area contributed by atoms with Gasteiger partial charge in [0.05, 0.1) is 12.4 Å². The minimum Gasteiger partial charge on any atom is -0.478 e. The first kappa shape index (κ1) is 17.2. The third kappa shape index (κ3) is 2.72. The largest absolute Gasteiger partial charge is 0.478 e. The van der Waals surface area contributed by atoms with Crippen LogP contribution in [0.1, 0.15) is 54.4 Å². The van der Waals surface area contributed by atoms with Crippen LogP contribution >= 0.6 is 0 Å². The monoisotopic (exact) mass is 358 g/mol. The highest BCUT2D eigenvalue weighted by atomic mass is 19.1. The molecule has 26 heavy (non-hydrogen) atoms. The van der Waals surface area contributed by atoms with Crippen molar-refractivity contribution in [3.05, 3.63) is 40.7 Å². The van der Waals surface area contributed by atoms with Gasteiger partial charge in [0.15, 0.2) is 5.78 Å². The quantitative estimate of drug-likeness (QED) is 0.841. The maximum absolute atomic E-state index is 14.9. The maximum Gasteiger partial charge on any atom is 0.339 e. The number of benzene rings is 1. The van der Waals surface area contributed by atoms with Crippen LogP contribution in [0.4, 0.5) is 10.1 Å². The maximum atomic E-state index is 14.9. The van der Waals surface area contributed by atoms with E-state index in [0.29, 0.717) is 24.8 Å². The number of ketones is 1. The van der Waals surface area contributed by atoms with Gasteiger partial charge in [-0.25, -0.2) is 9.18 Å². The molecule has 3 aliphatic rings. The zero-order valence-electron chi connectivity index (χ0n) is 14.9. The van der Waals surface area contributed by atoms with E-state index in [4.69, 9.17) is 0 Å². The number of carbonyl (C=O) groups is 2. The molecule has 2 fully saturated rings. The Kier molecular flexibility index (Phi) is 4.31. The molecule has 0 aromatic heterocycles. The number of Topliss-reactive ketones (excluding diaryl/α,β-unsaturated/α-hetero) is 1. The zero-order valence-corrected chi connectivity index (χ0v) is 14.9. The average Bonchev–Trinajstić information content (AvgIpc) is 3.09. The molecule has 6 heteroatoms. The Labute approximate surface area is 152 Å². The summed E-state index contributed by atoms with van der Waals surface area (Å²) >= 11 is 0. The van der Waals surface area contributed by atoms with E-state index in [1.54, 1.807) is 6.07 Å². The number of carboxylic acid groups (broad SMARTS) is 1. The molecule has 0 bridgehead atoms. The number of hydrogen-bond donors (Lipinski definition) is 1. The second-order valence-electron chi connectivity index (χ2n) is 7.42. The topological polar surface area (TPSA) is 60.9 Å². The van der Waals surface area contributed by atoms with Crippen LogP contribution in [0.5, 0.6) is 0 Å². The van der Waals surface area contributed by atoms with Crippen molar-refractivity contribution in [1.29, 1.82) is 0 Å². The number of hydrogen-bond acceptors (Lipinski definition) is 4. The SMILES string of the molecule is CCC1C=C(C(=O)O)C(=O)c2cc(F)c(N3CCC4CCCN4C3)cc21. The van der Waals surface area contributed by atoms with Gasteiger partial charge in [0.25, 0.3) is 0 Å². The first-order valence-electron chi connectivity index (χ1n) is 9.31. The number of allylic oxidation sites excluding steroid dienone is 1. The predicted octanol–water partition coefficient (Wildman–Crippen LogP) is 3.16. The summed E-state index contributed by atoms with van der Waals surface area (Å²) in [4.78, 5) is 28.3. The first-order chi connectivity index (χ1) is 12.5. The predicted molar refractivity (Wildman–Crippen MR) is 96.0 cm³/mol. The number of rotatable bonds is 3. The van der Waals surface area contributed by atoms with Crippen molar-refractivity contribution in [1.82, 2.24) is 4.90 Å². The van der Waals surface area contributed by atoms with E-state index in [2.05, 4.69) is 4.90 Å². The minimum atomic E-state index is -1.25. The van der Waals surface area contributed by atoms with Crippen LogP contribution in [0.3, 0.4) is 0 Å². The highest BCUT2D eigenvalue weighted by Gasteiger charge is 2.34. The van der Waals surface area contributed by atoms with E-state index < -0.39 is 17.6 Å². The summed E-state index contributed by atoms with van der Waals surface area (Å²) in [6.07, 6.45) is 5.61. The van der Waals surface area contributed by atoms with Gasteiger partial charge in [-0.2, -0.15) is 0 Å². The van der Waals surface area contributed by atoms with E-state index in [-0.39, 0.29) is 17.1 Å². The van der Waals surface area contributed by atoms with Crippen molar-refractivity contribution in [2.45, 2.75) is 44.6 Å². The van der Waals surface area contributed by atoms with E-state index in [1.807, 2.05) is 11.8 Å². The third-order valence-corrected chi connectivity index (χ3v) is 5.97. The van der Waals surface area contributed by atoms with Crippen LogP contribution in [0.2, 0.25) is 0 Å². The molecule has 1 N–H and O–H groups in total. The van der Waals surface area contributed by atoms with Gasteiger partial charge in [0.2, 0.25) is 0 Å². The van der Waals surface area contributed by atoms with Gasteiger partial charge in [-0.05, 0) is 43.4 Å². The summed E-state index contributed by atoms with van der Waals surface area (Å²) in [6.45, 7) is 4.51. The Hall–Kier alpha value is -2.21. The molecule has 1 aromatic carbocycles. The summed E-state index contributed by atoms with van der Waals surface area (Å²) < 4.78 is 14.9. The number of anilines is 1. The normalized spacial score (nSPS) is 25.7. The van der Waals surface area contributed by atoms with Crippen molar-refractivity contribution >= 4 is 17.4 Å². The molecule has 2 aliphatic heterocycles. The highest BCUT2D eigenvalue weighted by Crippen LogP contribution is 2.38. The molecule has 2 saturated heterocycles. The standard InChI is InChI=1S/C20H23FN2O3/c1-2-12-8-16(20(25)26)19(24)15-9-17(21)18(10-14(12)15)23-7-5-13-4-3-6-22(13)11-23/h8-10,12-13H,2-7,11H2,1H3,(H,25,26). The van der Waals surface area contributed by atoms with E-state index in [1.165, 1.54) is 25.0 Å². The second kappa shape index (κ2) is 6.50. The lowest BCUT2D eigenvalue weighted by Gasteiger charge is -2.39. The summed E-state index contributed by atoms with van der Waals surface area (Å²) in [7, 11) is 0. The fourth-order valence-corrected chi connectivity index (χ4v) is 4.54. The fourth-order valence-electron chi connectivity index (χ4n) is 4.54. The van der Waals surface area contributed by atoms with Gasteiger partial charge in [-0.3, -0.25) is 9.69 Å². The number of carbonyl (C=O) groups excluding carboxylic acids is 1. The molecule has 4 rings (SSSR count). The van der Waals surface area contributed by atoms with Crippen LogP contribution < -0.4 is 4.90 Å². The molecule has 0 amide bonds. The minimum absolute atomic E-state index is 0.183. The van der Waals surface area contributed by atoms with Gasteiger partial charge in [-0.1, -0.05) is 13.0 Å². The lowest BCUT2D eigenvalue weighted by Crippen LogP contribution is -2.48. The van der Waals surface area contributed by atoms with Gasteiger partial charge < -0.3 is 10.0 Å². The van der Waals surface area contributed by atoms with Crippen LogP contribution in [0, 0.1) is 5.82 Å². The molecule has 2 heterocycles. The molecule has 0 saturated carbocycles. The number of halogens is 1. The van der Waals surface area contributed by atoms with E-state index in [0.717, 1.165) is 25.1 Å². The summed E-state index contributed by atoms with van der Waals surface area (Å²) in [5.74, 6) is -2.48. The van der Waals surface area contributed by atoms with E-state index in [9.17, 15) is 19.1 Å². The number of carboxylic acids is 1. The average molecular weight is 358 g/mol. The number of nitrogens with zero attached hydrogens (tertiary/aromatic N) is 2. The van der Waals surface area contributed by atoms with Crippen molar-refractivity contribution < 1.29 is 19.1 Å². The molecule has 0 radical (unpaired) electrons. The highest BCUT2D eigenvalue weighted by molar-refractivity contribution is 6.25. The molecule has 1 aliphatic carbocycles. The van der Waals surface area contributed by atoms with Crippen molar-refractivity contribution in [3.8, 4) is 0 Å². The van der Waals surface area contributed by atoms with Crippen LogP contribution in [-0.4, -0.2) is 47.6 Å². The van der Waals surface area contributed by atoms with Crippen molar-refractivity contribution in [3.63, 3.8) is 0 Å². The molecular weight excluding hydrogens is 335 g/mol. The lowest BCUT2D eigenvalue weighted by molar-refractivity contribution is -0.132. The zero-order chi connectivity index (χ0) is 18.4. The van der Waals surface area contributed by atoms with Gasteiger partial charge in [0, 0.05) is 30.6 Å². The van der Waals surface area contributed by atoms with Gasteiger partial charge >= 0.3 is 5.97 Å². The second-order valence-corrected chi connectivity index (χ2v) is 7.42. The molecule has 0 spiro atoms. The summed E-state index contributed by atoms with van der Waals surface area (Å²) in [5.41, 5.74) is 1.19. The lowest BCUT2D eigenvalue weighted by atomic mass is 9.81. The molecule has 2 atom stereocenters. The Morgan fingerprint density at radius 2 is 2.12 bits per heavy atom. The fraction of sp³-hybridized carbons (Fsp3) is 0.500. The van der Waals surface area contributed by atoms with Crippen molar-refractivity contribution in [2.24, 2.45) is 0 Å². The molecule has 5 nitrogen and oxygen atoms in total. The Bertz CT molecular complexity index is 804. The molecular formula is C20H23FN2O3. The van der Waals surface area contributed by atoms with Gasteiger partial charge in [0.1, 0.15) is 11.4 Å². The first-order valence-corrected chi connectivity index (χ1v) is 9.31. The van der Waals surface area contributed by atoms with Gasteiger partial charge in [-0.15, -0.1) is 0 Å². The molecule has 1 aromatic rings. The molecule has 138 valence electrons. The summed E-state index contributed by atoms with van der Waals surface area (Å²) in [5, 5.41) is 9.27. The van der Waals surface area contributed by atoms with Crippen LogP contribution in [0.15, 0.2) is 23.8 Å². The Morgan fingerprint density at radius 3 is 2.85 bits per heavy atom. The van der Waals surface area contributed by atoms with Crippen LogP contribution in [0.25, 0.3) is 0 Å². The number of aliphatic carboxylic acids is 1. The third-order valence-electron chi connectivity index (χ3n) is 5.97. The smallest absolute Gasteiger partial charge is 0.339 e. The van der Waals surface area contributed by atoms with E-state index >= 15 is 0 Å². The Morgan fingerprint density at radius 1 is 1.31 bits per heavy atom. The summed E-state index contributed by atoms with van der Waals surface area (Å²) in [6, 6.07) is 3.61. The Balaban J connectivity index is 1.71. The number of fused-ring (bicyclic) bond motifs is 2. The van der Waals surface area contributed by atoms with Crippen LogP contribution in [-0.2, 0) is 4.79 Å². The molecule has 2 unspecified atom stereocenters. The van der Waals surface area contributed by atoms with Crippen molar-refractivity contribution in [2.75, 3.05) is 24.7 Å².